The second-order valence-corrected chi connectivity index (χ2v) is 8.99. The summed E-state index contributed by atoms with van der Waals surface area (Å²) in [5.74, 6) is 0.401. The van der Waals surface area contributed by atoms with Crippen molar-refractivity contribution in [2.45, 2.75) is 12.5 Å². The van der Waals surface area contributed by atoms with Crippen LogP contribution in [0.25, 0.3) is 10.9 Å². The Bertz CT molecular complexity index is 1140. The van der Waals surface area contributed by atoms with E-state index >= 15 is 0 Å². The fourth-order valence-electron chi connectivity index (χ4n) is 3.32. The van der Waals surface area contributed by atoms with Gasteiger partial charge >= 0.3 is 0 Å². The number of pyridine rings is 1. The summed E-state index contributed by atoms with van der Waals surface area (Å²) in [6.45, 7) is 0. The first-order valence-electron chi connectivity index (χ1n) is 8.83. The zero-order valence-electron chi connectivity index (χ0n) is 15.2. The molecule has 4 rings (SSSR count). The molecule has 0 bridgehead atoms. The lowest BCUT2D eigenvalue weighted by Crippen LogP contribution is -2.33. The number of aromatic nitrogens is 3. The number of rotatable bonds is 4. The van der Waals surface area contributed by atoms with Crippen LogP contribution < -0.4 is 10.2 Å². The van der Waals surface area contributed by atoms with E-state index in [1.165, 1.54) is 6.33 Å². The molecule has 1 atom stereocenters. The van der Waals surface area contributed by atoms with Crippen molar-refractivity contribution in [3.05, 3.63) is 54.6 Å². The molecular formula is C19H19N5O3S. The SMILES string of the molecule is CN(c1cc(C(=O)Nc2cccc3cccnc23)ncn1)C1CCS(=O)(=O)C1. The van der Waals surface area contributed by atoms with Gasteiger partial charge in [0, 0.05) is 30.7 Å². The van der Waals surface area contributed by atoms with Crippen LogP contribution >= 0.6 is 0 Å². The van der Waals surface area contributed by atoms with Gasteiger partial charge in [0.2, 0.25) is 0 Å². The molecule has 0 aliphatic carbocycles. The van der Waals surface area contributed by atoms with Crippen LogP contribution in [0.3, 0.4) is 0 Å². The maximum atomic E-state index is 12.7. The zero-order chi connectivity index (χ0) is 19.7. The Hall–Kier alpha value is -3.07. The summed E-state index contributed by atoms with van der Waals surface area (Å²) in [7, 11) is -1.23. The standard InChI is InChI=1S/C19H19N5O3S/c1-24(14-7-9-28(26,27)11-14)17-10-16(21-12-22-17)19(25)23-15-6-2-4-13-5-3-8-20-18(13)15/h2-6,8,10,12,14H,7,9,11H2,1H3,(H,23,25). The Kier molecular flexibility index (Phi) is 4.68. The highest BCUT2D eigenvalue weighted by Crippen LogP contribution is 2.23. The van der Waals surface area contributed by atoms with Crippen molar-refractivity contribution in [2.75, 3.05) is 28.8 Å². The third-order valence-corrected chi connectivity index (χ3v) is 6.63. The zero-order valence-corrected chi connectivity index (χ0v) is 16.1. The molecule has 1 aliphatic heterocycles. The number of benzene rings is 1. The lowest BCUT2D eigenvalue weighted by Gasteiger charge is -2.24. The molecule has 1 fully saturated rings. The average molecular weight is 397 g/mol. The van der Waals surface area contributed by atoms with Crippen molar-refractivity contribution >= 4 is 38.2 Å². The number of fused-ring (bicyclic) bond motifs is 1. The minimum Gasteiger partial charge on any atom is -0.356 e. The first-order valence-corrected chi connectivity index (χ1v) is 10.7. The van der Waals surface area contributed by atoms with Gasteiger partial charge in [0.1, 0.15) is 17.8 Å². The van der Waals surface area contributed by atoms with Gasteiger partial charge in [0.05, 0.1) is 22.7 Å². The molecule has 2 aromatic heterocycles. The maximum absolute atomic E-state index is 12.7. The fourth-order valence-corrected chi connectivity index (χ4v) is 5.10. The summed E-state index contributed by atoms with van der Waals surface area (Å²) in [5.41, 5.74) is 1.49. The van der Waals surface area contributed by atoms with E-state index in [2.05, 4.69) is 20.3 Å². The van der Waals surface area contributed by atoms with Crippen molar-refractivity contribution in [3.8, 4) is 0 Å². The van der Waals surface area contributed by atoms with Crippen LogP contribution in [-0.4, -0.2) is 53.9 Å². The van der Waals surface area contributed by atoms with Crippen LogP contribution in [0.5, 0.6) is 0 Å². The van der Waals surface area contributed by atoms with Crippen molar-refractivity contribution in [1.82, 2.24) is 15.0 Å². The van der Waals surface area contributed by atoms with Gasteiger partial charge < -0.3 is 10.2 Å². The first-order chi connectivity index (χ1) is 13.4. The molecule has 1 aliphatic rings. The molecule has 3 heterocycles. The summed E-state index contributed by atoms with van der Waals surface area (Å²) >= 11 is 0. The number of sulfone groups is 1. The normalized spacial score (nSPS) is 18.1. The van der Waals surface area contributed by atoms with Gasteiger partial charge in [-0.1, -0.05) is 18.2 Å². The number of hydrogen-bond donors (Lipinski definition) is 1. The van der Waals surface area contributed by atoms with Gasteiger partial charge in [-0.15, -0.1) is 0 Å². The highest BCUT2D eigenvalue weighted by molar-refractivity contribution is 7.91. The number of anilines is 2. The van der Waals surface area contributed by atoms with Crippen LogP contribution in [0.1, 0.15) is 16.9 Å². The summed E-state index contributed by atoms with van der Waals surface area (Å²) in [6, 6.07) is 10.7. The molecule has 0 radical (unpaired) electrons. The second kappa shape index (κ2) is 7.16. The van der Waals surface area contributed by atoms with E-state index < -0.39 is 9.84 Å². The highest BCUT2D eigenvalue weighted by Gasteiger charge is 2.31. The van der Waals surface area contributed by atoms with E-state index in [0.29, 0.717) is 23.4 Å². The van der Waals surface area contributed by atoms with E-state index in [1.54, 1.807) is 30.3 Å². The van der Waals surface area contributed by atoms with Gasteiger partial charge in [-0.2, -0.15) is 0 Å². The van der Waals surface area contributed by atoms with Crippen molar-refractivity contribution in [2.24, 2.45) is 0 Å². The number of amides is 1. The number of hydrogen-bond acceptors (Lipinski definition) is 7. The highest BCUT2D eigenvalue weighted by atomic mass is 32.2. The molecule has 144 valence electrons. The predicted octanol–water partition coefficient (Wildman–Crippen LogP) is 1.90. The monoisotopic (exact) mass is 397 g/mol. The van der Waals surface area contributed by atoms with Crippen molar-refractivity contribution in [3.63, 3.8) is 0 Å². The Balaban J connectivity index is 1.56. The average Bonchev–Trinajstić information content (AvgIpc) is 3.07. The Morgan fingerprint density at radius 3 is 2.79 bits per heavy atom. The largest absolute Gasteiger partial charge is 0.356 e. The molecule has 3 aromatic rings. The van der Waals surface area contributed by atoms with Gasteiger partial charge in [0.15, 0.2) is 9.84 Å². The van der Waals surface area contributed by atoms with E-state index in [-0.39, 0.29) is 29.1 Å². The number of para-hydroxylation sites is 1. The summed E-state index contributed by atoms with van der Waals surface area (Å²) in [5, 5.41) is 3.77. The minimum atomic E-state index is -3.01. The van der Waals surface area contributed by atoms with Crippen molar-refractivity contribution in [1.29, 1.82) is 0 Å². The Morgan fingerprint density at radius 1 is 1.18 bits per heavy atom. The Morgan fingerprint density at radius 2 is 2.00 bits per heavy atom. The van der Waals surface area contributed by atoms with Crippen LogP contribution in [0.2, 0.25) is 0 Å². The molecule has 0 saturated carbocycles. The van der Waals surface area contributed by atoms with E-state index in [1.807, 2.05) is 24.3 Å². The molecule has 8 nitrogen and oxygen atoms in total. The van der Waals surface area contributed by atoms with Crippen LogP contribution in [0, 0.1) is 0 Å². The minimum absolute atomic E-state index is 0.0940. The molecule has 0 spiro atoms. The van der Waals surface area contributed by atoms with Crippen LogP contribution in [0.15, 0.2) is 48.9 Å². The van der Waals surface area contributed by atoms with E-state index in [9.17, 15) is 13.2 Å². The van der Waals surface area contributed by atoms with Crippen molar-refractivity contribution < 1.29 is 13.2 Å². The molecule has 1 unspecified atom stereocenters. The van der Waals surface area contributed by atoms with Crippen LogP contribution in [0.4, 0.5) is 11.5 Å². The number of carbonyl (C=O) groups is 1. The first kappa shape index (κ1) is 18.3. The molecule has 1 amide bonds. The summed E-state index contributed by atoms with van der Waals surface area (Å²) in [4.78, 5) is 27.1. The van der Waals surface area contributed by atoms with Gasteiger partial charge in [0.25, 0.3) is 5.91 Å². The van der Waals surface area contributed by atoms with Gasteiger partial charge in [-0.3, -0.25) is 9.78 Å². The smallest absolute Gasteiger partial charge is 0.274 e. The third-order valence-electron chi connectivity index (χ3n) is 4.88. The summed E-state index contributed by atoms with van der Waals surface area (Å²) in [6.07, 6.45) is 3.53. The number of nitrogens with one attached hydrogen (secondary N) is 1. The molecule has 28 heavy (non-hydrogen) atoms. The molecule has 9 heteroatoms. The van der Waals surface area contributed by atoms with Crippen LogP contribution in [-0.2, 0) is 9.84 Å². The van der Waals surface area contributed by atoms with E-state index in [0.717, 1.165) is 5.39 Å². The third kappa shape index (κ3) is 3.65. The lowest BCUT2D eigenvalue weighted by molar-refractivity contribution is 0.102. The van der Waals surface area contributed by atoms with Gasteiger partial charge in [-0.25, -0.2) is 18.4 Å². The predicted molar refractivity (Wildman–Crippen MR) is 107 cm³/mol. The van der Waals surface area contributed by atoms with Gasteiger partial charge in [-0.05, 0) is 18.6 Å². The fraction of sp³-hybridized carbons (Fsp3) is 0.263. The second-order valence-electron chi connectivity index (χ2n) is 6.76. The Labute approximate surface area is 162 Å². The topological polar surface area (TPSA) is 105 Å². The maximum Gasteiger partial charge on any atom is 0.274 e. The quantitative estimate of drug-likeness (QED) is 0.717. The molecule has 1 saturated heterocycles. The number of nitrogens with zero attached hydrogens (tertiary/aromatic N) is 4. The molecule has 1 N–H and O–H groups in total. The lowest BCUT2D eigenvalue weighted by atomic mass is 10.2. The van der Waals surface area contributed by atoms with E-state index in [4.69, 9.17) is 0 Å². The molecular weight excluding hydrogens is 378 g/mol. The summed E-state index contributed by atoms with van der Waals surface area (Å²) < 4.78 is 23.5. The number of carbonyl (C=O) groups excluding carboxylic acids is 1. The molecule has 1 aromatic carbocycles.